The second-order valence-corrected chi connectivity index (χ2v) is 7.14. The molecule has 0 saturated carbocycles. The molecule has 2 aromatic rings. The SMILES string of the molecule is COc1cc2c(cc1OC)S(=O)(=O)N(C(=O)c1ccccc1)CC2. The van der Waals surface area contributed by atoms with Crippen molar-refractivity contribution in [3.63, 3.8) is 0 Å². The summed E-state index contributed by atoms with van der Waals surface area (Å²) >= 11 is 0. The van der Waals surface area contributed by atoms with Crippen LogP contribution in [0, 0.1) is 0 Å². The molecule has 2 aromatic carbocycles. The van der Waals surface area contributed by atoms with Gasteiger partial charge >= 0.3 is 0 Å². The van der Waals surface area contributed by atoms with E-state index in [4.69, 9.17) is 9.47 Å². The van der Waals surface area contributed by atoms with E-state index in [0.717, 1.165) is 4.31 Å². The summed E-state index contributed by atoms with van der Waals surface area (Å²) in [5.41, 5.74) is 0.953. The average molecular weight is 347 g/mol. The minimum Gasteiger partial charge on any atom is -0.493 e. The van der Waals surface area contributed by atoms with Gasteiger partial charge in [-0.1, -0.05) is 18.2 Å². The van der Waals surface area contributed by atoms with Crippen LogP contribution in [0.1, 0.15) is 15.9 Å². The molecule has 24 heavy (non-hydrogen) atoms. The molecule has 0 fully saturated rings. The third-order valence-corrected chi connectivity index (χ3v) is 5.83. The fourth-order valence-corrected chi connectivity index (χ4v) is 4.38. The zero-order chi connectivity index (χ0) is 17.3. The van der Waals surface area contributed by atoms with E-state index in [1.807, 2.05) is 0 Å². The van der Waals surface area contributed by atoms with E-state index in [1.165, 1.54) is 20.3 Å². The van der Waals surface area contributed by atoms with Gasteiger partial charge in [0.05, 0.1) is 19.1 Å². The second kappa shape index (κ2) is 6.16. The maximum Gasteiger partial charge on any atom is 0.267 e. The van der Waals surface area contributed by atoms with Gasteiger partial charge in [-0.25, -0.2) is 12.7 Å². The first-order valence-corrected chi connectivity index (χ1v) is 8.80. The molecule has 1 heterocycles. The lowest BCUT2D eigenvalue weighted by Gasteiger charge is -2.29. The summed E-state index contributed by atoms with van der Waals surface area (Å²) in [6.45, 7) is 0.0958. The quantitative estimate of drug-likeness (QED) is 0.850. The van der Waals surface area contributed by atoms with Crippen molar-refractivity contribution in [2.75, 3.05) is 20.8 Å². The van der Waals surface area contributed by atoms with Gasteiger partial charge in [0.25, 0.3) is 15.9 Å². The molecule has 126 valence electrons. The van der Waals surface area contributed by atoms with Crippen LogP contribution < -0.4 is 9.47 Å². The molecule has 1 aliphatic rings. The van der Waals surface area contributed by atoms with E-state index >= 15 is 0 Å². The summed E-state index contributed by atoms with van der Waals surface area (Å²) in [6.07, 6.45) is 0.424. The van der Waals surface area contributed by atoms with Crippen LogP contribution in [0.5, 0.6) is 11.5 Å². The Hall–Kier alpha value is -2.54. The molecule has 3 rings (SSSR count). The number of carbonyl (C=O) groups excluding carboxylic acids is 1. The van der Waals surface area contributed by atoms with Crippen molar-refractivity contribution in [2.24, 2.45) is 0 Å². The number of hydrogen-bond acceptors (Lipinski definition) is 5. The third-order valence-electron chi connectivity index (χ3n) is 3.97. The van der Waals surface area contributed by atoms with E-state index in [2.05, 4.69) is 0 Å². The van der Waals surface area contributed by atoms with Crippen LogP contribution in [-0.2, 0) is 16.4 Å². The Bertz CT molecular complexity index is 877. The molecule has 0 spiro atoms. The molecule has 7 heteroatoms. The van der Waals surface area contributed by atoms with E-state index in [0.29, 0.717) is 29.0 Å². The molecule has 1 aliphatic heterocycles. The lowest BCUT2D eigenvalue weighted by atomic mass is 10.1. The van der Waals surface area contributed by atoms with Gasteiger partial charge in [0.1, 0.15) is 0 Å². The Kier molecular flexibility index (Phi) is 4.19. The van der Waals surface area contributed by atoms with Gasteiger partial charge in [-0.05, 0) is 30.2 Å². The van der Waals surface area contributed by atoms with Crippen molar-refractivity contribution in [1.29, 1.82) is 0 Å². The Morgan fingerprint density at radius 1 is 1.04 bits per heavy atom. The number of carbonyl (C=O) groups is 1. The number of nitrogens with zero attached hydrogens (tertiary/aromatic N) is 1. The van der Waals surface area contributed by atoms with Crippen LogP contribution >= 0.6 is 0 Å². The van der Waals surface area contributed by atoms with Gasteiger partial charge in [-0.3, -0.25) is 4.79 Å². The monoisotopic (exact) mass is 347 g/mol. The zero-order valence-electron chi connectivity index (χ0n) is 13.4. The molecule has 0 radical (unpaired) electrons. The normalized spacial score (nSPS) is 15.5. The smallest absolute Gasteiger partial charge is 0.267 e. The number of benzene rings is 2. The maximum atomic E-state index is 12.9. The first kappa shape index (κ1) is 16.3. The summed E-state index contributed by atoms with van der Waals surface area (Å²) in [6, 6.07) is 11.4. The number of fused-ring (bicyclic) bond motifs is 1. The molecule has 0 unspecified atom stereocenters. The highest BCUT2D eigenvalue weighted by molar-refractivity contribution is 7.89. The molecule has 0 N–H and O–H groups in total. The second-order valence-electron chi connectivity index (χ2n) is 5.31. The summed E-state index contributed by atoms with van der Waals surface area (Å²) < 4.78 is 37.1. The number of hydrogen-bond donors (Lipinski definition) is 0. The number of sulfonamides is 1. The van der Waals surface area contributed by atoms with E-state index < -0.39 is 15.9 Å². The number of ether oxygens (including phenoxy) is 2. The Morgan fingerprint density at radius 2 is 1.67 bits per heavy atom. The number of rotatable bonds is 3. The molecule has 0 atom stereocenters. The Labute approximate surface area is 140 Å². The van der Waals surface area contributed by atoms with Crippen LogP contribution in [0.4, 0.5) is 0 Å². The van der Waals surface area contributed by atoms with Gasteiger partial charge in [-0.2, -0.15) is 0 Å². The van der Waals surface area contributed by atoms with Crippen molar-refractivity contribution in [2.45, 2.75) is 11.3 Å². The zero-order valence-corrected chi connectivity index (χ0v) is 14.2. The molecular formula is C17H17NO5S. The Balaban J connectivity index is 2.06. The fourth-order valence-electron chi connectivity index (χ4n) is 2.73. The Morgan fingerprint density at radius 3 is 2.29 bits per heavy atom. The van der Waals surface area contributed by atoms with Crippen LogP contribution in [0.15, 0.2) is 47.4 Å². The maximum absolute atomic E-state index is 12.9. The molecule has 0 aliphatic carbocycles. The van der Waals surface area contributed by atoms with Crippen LogP contribution in [0.25, 0.3) is 0 Å². The molecule has 6 nitrogen and oxygen atoms in total. The van der Waals surface area contributed by atoms with Crippen molar-refractivity contribution in [3.8, 4) is 11.5 Å². The predicted octanol–water partition coefficient (Wildman–Crippen LogP) is 2.09. The van der Waals surface area contributed by atoms with E-state index in [1.54, 1.807) is 36.4 Å². The molecule has 0 bridgehead atoms. The largest absolute Gasteiger partial charge is 0.493 e. The van der Waals surface area contributed by atoms with E-state index in [-0.39, 0.29) is 11.4 Å². The van der Waals surface area contributed by atoms with Crippen LogP contribution in [-0.4, -0.2) is 39.4 Å². The summed E-state index contributed by atoms with van der Waals surface area (Å²) in [4.78, 5) is 12.7. The predicted molar refractivity (Wildman–Crippen MR) is 87.9 cm³/mol. The minimum absolute atomic E-state index is 0.0793. The topological polar surface area (TPSA) is 72.9 Å². The van der Waals surface area contributed by atoms with Crippen molar-refractivity contribution in [1.82, 2.24) is 4.31 Å². The third kappa shape index (κ3) is 2.60. The lowest BCUT2D eigenvalue weighted by molar-refractivity contribution is 0.0859. The summed E-state index contributed by atoms with van der Waals surface area (Å²) in [7, 11) is -1.01. The first-order valence-electron chi connectivity index (χ1n) is 7.36. The molecule has 1 amide bonds. The number of amides is 1. The first-order chi connectivity index (χ1) is 11.5. The van der Waals surface area contributed by atoms with Gasteiger partial charge in [0, 0.05) is 18.2 Å². The average Bonchev–Trinajstić information content (AvgIpc) is 2.61. The number of methoxy groups -OCH3 is 2. The lowest BCUT2D eigenvalue weighted by Crippen LogP contribution is -2.41. The van der Waals surface area contributed by atoms with Crippen LogP contribution in [0.2, 0.25) is 0 Å². The molecule has 0 saturated heterocycles. The van der Waals surface area contributed by atoms with Crippen molar-refractivity contribution in [3.05, 3.63) is 53.6 Å². The molecular weight excluding hydrogens is 330 g/mol. The molecule has 0 aromatic heterocycles. The highest BCUT2D eigenvalue weighted by atomic mass is 32.2. The van der Waals surface area contributed by atoms with Crippen molar-refractivity contribution >= 4 is 15.9 Å². The standard InChI is InChI=1S/C17H17NO5S/c1-22-14-10-13-8-9-18(17(19)12-6-4-3-5-7-12)24(20,21)16(13)11-15(14)23-2/h3-7,10-11H,8-9H2,1-2H3. The fraction of sp³-hybridized carbons (Fsp3) is 0.235. The van der Waals surface area contributed by atoms with E-state index in [9.17, 15) is 13.2 Å². The highest BCUT2D eigenvalue weighted by Gasteiger charge is 2.36. The summed E-state index contributed by atoms with van der Waals surface area (Å²) in [5.74, 6) is 0.249. The van der Waals surface area contributed by atoms with Gasteiger partial charge in [-0.15, -0.1) is 0 Å². The minimum atomic E-state index is -3.94. The van der Waals surface area contributed by atoms with Gasteiger partial charge in [0.15, 0.2) is 11.5 Å². The highest BCUT2D eigenvalue weighted by Crippen LogP contribution is 2.36. The van der Waals surface area contributed by atoms with Crippen LogP contribution in [0.3, 0.4) is 0 Å². The summed E-state index contributed by atoms with van der Waals surface area (Å²) in [5, 5.41) is 0. The van der Waals surface area contributed by atoms with Crippen molar-refractivity contribution < 1.29 is 22.7 Å². The van der Waals surface area contributed by atoms with Gasteiger partial charge < -0.3 is 9.47 Å². The van der Waals surface area contributed by atoms with Gasteiger partial charge in [0.2, 0.25) is 0 Å².